The van der Waals surface area contributed by atoms with Crippen molar-refractivity contribution in [2.75, 3.05) is 26.2 Å². The molecule has 94 valence electrons. The van der Waals surface area contributed by atoms with Crippen molar-refractivity contribution in [2.45, 2.75) is 57.7 Å². The Morgan fingerprint density at radius 2 is 2.25 bits per heavy atom. The third kappa shape index (κ3) is 3.72. The molecule has 16 heavy (non-hydrogen) atoms. The van der Waals surface area contributed by atoms with Gasteiger partial charge in [-0.15, -0.1) is 0 Å². The lowest BCUT2D eigenvalue weighted by atomic mass is 10.1. The molecule has 1 aliphatic carbocycles. The predicted molar refractivity (Wildman–Crippen MR) is 66.7 cm³/mol. The van der Waals surface area contributed by atoms with Crippen molar-refractivity contribution in [2.24, 2.45) is 0 Å². The Morgan fingerprint density at radius 1 is 1.44 bits per heavy atom. The molecule has 1 N–H and O–H groups in total. The van der Waals surface area contributed by atoms with Crippen LogP contribution in [0.25, 0.3) is 0 Å². The summed E-state index contributed by atoms with van der Waals surface area (Å²) < 4.78 is 5.61. The van der Waals surface area contributed by atoms with Gasteiger partial charge in [0.1, 0.15) is 0 Å². The van der Waals surface area contributed by atoms with Crippen LogP contribution >= 0.6 is 0 Å². The maximum Gasteiger partial charge on any atom is 0.0674 e. The van der Waals surface area contributed by atoms with E-state index >= 15 is 0 Å². The highest BCUT2D eigenvalue weighted by molar-refractivity contribution is 4.85. The van der Waals surface area contributed by atoms with Crippen LogP contribution in [-0.2, 0) is 4.74 Å². The lowest BCUT2D eigenvalue weighted by molar-refractivity contribution is -0.0351. The van der Waals surface area contributed by atoms with Gasteiger partial charge in [-0.05, 0) is 26.2 Å². The van der Waals surface area contributed by atoms with Crippen molar-refractivity contribution in [1.82, 2.24) is 10.2 Å². The first-order valence-electron chi connectivity index (χ1n) is 6.88. The molecule has 0 aromatic heterocycles. The Bertz CT molecular complexity index is 206. The van der Waals surface area contributed by atoms with Gasteiger partial charge in [0.2, 0.25) is 0 Å². The number of hydrogen-bond donors (Lipinski definition) is 1. The van der Waals surface area contributed by atoms with E-state index in [1.165, 1.54) is 32.2 Å². The van der Waals surface area contributed by atoms with Crippen LogP contribution in [0.1, 0.15) is 39.5 Å². The van der Waals surface area contributed by atoms with Crippen LogP contribution in [0.3, 0.4) is 0 Å². The van der Waals surface area contributed by atoms with Gasteiger partial charge >= 0.3 is 0 Å². The van der Waals surface area contributed by atoms with Gasteiger partial charge in [0, 0.05) is 31.7 Å². The highest BCUT2D eigenvalue weighted by Gasteiger charge is 2.26. The van der Waals surface area contributed by atoms with Gasteiger partial charge in [0.15, 0.2) is 0 Å². The zero-order valence-corrected chi connectivity index (χ0v) is 10.7. The predicted octanol–water partition coefficient (Wildman–Crippen LogP) is 1.63. The van der Waals surface area contributed by atoms with Crippen LogP contribution in [0.15, 0.2) is 0 Å². The van der Waals surface area contributed by atoms with E-state index < -0.39 is 0 Å². The second-order valence-electron chi connectivity index (χ2n) is 5.30. The van der Waals surface area contributed by atoms with Crippen molar-refractivity contribution >= 4 is 0 Å². The molecule has 3 nitrogen and oxygen atoms in total. The molecule has 1 aliphatic heterocycles. The summed E-state index contributed by atoms with van der Waals surface area (Å²) in [5.74, 6) is 0. The smallest absolute Gasteiger partial charge is 0.0674 e. The zero-order chi connectivity index (χ0) is 11.4. The summed E-state index contributed by atoms with van der Waals surface area (Å²) in [6, 6.07) is 1.55. The standard InChI is InChI=1S/C13H26N2O/c1-3-4-13(9-14-12-5-6-12)15-7-8-16-11(2)10-15/h11-14H,3-10H2,1-2H3. The summed E-state index contributed by atoms with van der Waals surface area (Å²) in [4.78, 5) is 2.62. The third-order valence-corrected chi connectivity index (χ3v) is 3.63. The first kappa shape index (κ1) is 12.3. The average molecular weight is 226 g/mol. The molecule has 1 saturated heterocycles. The van der Waals surface area contributed by atoms with E-state index in [2.05, 4.69) is 24.1 Å². The second kappa shape index (κ2) is 5.99. The van der Waals surface area contributed by atoms with E-state index in [0.717, 1.165) is 31.8 Å². The van der Waals surface area contributed by atoms with Crippen molar-refractivity contribution in [3.8, 4) is 0 Å². The molecule has 0 spiro atoms. The van der Waals surface area contributed by atoms with E-state index in [1.807, 2.05) is 0 Å². The Labute approximate surface area is 99.5 Å². The number of hydrogen-bond acceptors (Lipinski definition) is 3. The summed E-state index contributed by atoms with van der Waals surface area (Å²) >= 11 is 0. The molecule has 2 rings (SSSR count). The van der Waals surface area contributed by atoms with Crippen molar-refractivity contribution in [3.63, 3.8) is 0 Å². The maximum absolute atomic E-state index is 5.61. The molecule has 0 radical (unpaired) electrons. The SMILES string of the molecule is CCCC(CNC1CC1)N1CCOC(C)C1. The molecule has 1 saturated carbocycles. The first-order valence-corrected chi connectivity index (χ1v) is 6.88. The van der Waals surface area contributed by atoms with E-state index in [1.54, 1.807) is 0 Å². The van der Waals surface area contributed by atoms with E-state index in [9.17, 15) is 0 Å². The van der Waals surface area contributed by atoms with Crippen LogP contribution in [0, 0.1) is 0 Å². The van der Waals surface area contributed by atoms with Gasteiger partial charge in [-0.25, -0.2) is 0 Å². The van der Waals surface area contributed by atoms with Gasteiger partial charge in [0.25, 0.3) is 0 Å². The molecule has 2 fully saturated rings. The number of rotatable bonds is 6. The number of ether oxygens (including phenoxy) is 1. The number of nitrogens with zero attached hydrogens (tertiary/aromatic N) is 1. The average Bonchev–Trinajstić information content (AvgIpc) is 3.08. The van der Waals surface area contributed by atoms with E-state index in [0.29, 0.717) is 6.10 Å². The lowest BCUT2D eigenvalue weighted by Crippen LogP contribution is -2.50. The maximum atomic E-state index is 5.61. The lowest BCUT2D eigenvalue weighted by Gasteiger charge is -2.37. The van der Waals surface area contributed by atoms with Gasteiger partial charge in [-0.3, -0.25) is 4.90 Å². The molecule has 0 bridgehead atoms. The van der Waals surface area contributed by atoms with Crippen LogP contribution in [-0.4, -0.2) is 49.3 Å². The monoisotopic (exact) mass is 226 g/mol. The minimum absolute atomic E-state index is 0.411. The number of morpholine rings is 1. The molecule has 0 aromatic carbocycles. The van der Waals surface area contributed by atoms with Crippen molar-refractivity contribution < 1.29 is 4.74 Å². The fourth-order valence-corrected chi connectivity index (χ4v) is 2.51. The first-order chi connectivity index (χ1) is 7.79. The summed E-state index contributed by atoms with van der Waals surface area (Å²) in [5, 5.41) is 3.67. The minimum Gasteiger partial charge on any atom is -0.376 e. The van der Waals surface area contributed by atoms with Crippen molar-refractivity contribution in [1.29, 1.82) is 0 Å². The molecule has 0 aromatic rings. The molecule has 2 atom stereocenters. The summed E-state index contributed by atoms with van der Waals surface area (Å²) in [7, 11) is 0. The Balaban J connectivity index is 1.78. The molecular formula is C13H26N2O. The molecule has 2 aliphatic rings. The van der Waals surface area contributed by atoms with Crippen LogP contribution in [0.4, 0.5) is 0 Å². The van der Waals surface area contributed by atoms with Gasteiger partial charge in [-0.2, -0.15) is 0 Å². The molecule has 1 heterocycles. The second-order valence-corrected chi connectivity index (χ2v) is 5.30. The van der Waals surface area contributed by atoms with Gasteiger partial charge in [-0.1, -0.05) is 13.3 Å². The molecule has 3 heteroatoms. The van der Waals surface area contributed by atoms with Crippen molar-refractivity contribution in [3.05, 3.63) is 0 Å². The van der Waals surface area contributed by atoms with Gasteiger partial charge < -0.3 is 10.1 Å². The Hall–Kier alpha value is -0.120. The van der Waals surface area contributed by atoms with Crippen LogP contribution < -0.4 is 5.32 Å². The zero-order valence-electron chi connectivity index (χ0n) is 10.7. The van der Waals surface area contributed by atoms with E-state index in [-0.39, 0.29) is 0 Å². The van der Waals surface area contributed by atoms with Gasteiger partial charge in [0.05, 0.1) is 12.7 Å². The highest BCUT2D eigenvalue weighted by Crippen LogP contribution is 2.20. The molecule has 0 amide bonds. The fourth-order valence-electron chi connectivity index (χ4n) is 2.51. The fraction of sp³-hybridized carbons (Fsp3) is 1.00. The normalized spacial score (nSPS) is 29.2. The third-order valence-electron chi connectivity index (χ3n) is 3.63. The quantitative estimate of drug-likeness (QED) is 0.745. The Kier molecular flexibility index (Phi) is 4.62. The molecular weight excluding hydrogens is 200 g/mol. The van der Waals surface area contributed by atoms with E-state index in [4.69, 9.17) is 4.74 Å². The number of nitrogens with one attached hydrogen (secondary N) is 1. The summed E-state index contributed by atoms with van der Waals surface area (Å²) in [6.45, 7) is 8.77. The minimum atomic E-state index is 0.411. The van der Waals surface area contributed by atoms with Crippen LogP contribution in [0.2, 0.25) is 0 Å². The largest absolute Gasteiger partial charge is 0.376 e. The topological polar surface area (TPSA) is 24.5 Å². The molecule has 2 unspecified atom stereocenters. The summed E-state index contributed by atoms with van der Waals surface area (Å²) in [6.07, 6.45) is 5.78. The summed E-state index contributed by atoms with van der Waals surface area (Å²) in [5.41, 5.74) is 0. The Morgan fingerprint density at radius 3 is 2.88 bits per heavy atom. The highest BCUT2D eigenvalue weighted by atomic mass is 16.5. The van der Waals surface area contributed by atoms with Crippen LogP contribution in [0.5, 0.6) is 0 Å².